The number of carbonyl (C=O) groups excluding carboxylic acids is 2. The largest absolute Gasteiger partial charge is 0.382 e. The quantitative estimate of drug-likeness (QED) is 0.587. The summed E-state index contributed by atoms with van der Waals surface area (Å²) >= 11 is 0. The molecule has 0 heterocycles. The number of rotatable bonds is 7. The van der Waals surface area contributed by atoms with Crippen molar-refractivity contribution in [2.75, 3.05) is 23.7 Å². The third-order valence-electron chi connectivity index (χ3n) is 5.58. The van der Waals surface area contributed by atoms with Crippen LogP contribution in [0, 0.1) is 5.92 Å². The molecule has 0 unspecified atom stereocenters. The molecule has 2 fully saturated rings. The molecule has 0 atom stereocenters. The van der Waals surface area contributed by atoms with E-state index in [2.05, 4.69) is 21.3 Å². The Bertz CT molecular complexity index is 605. The first kappa shape index (κ1) is 19.5. The Morgan fingerprint density at radius 3 is 2.15 bits per heavy atom. The van der Waals surface area contributed by atoms with Crippen LogP contribution in [0.1, 0.15) is 57.8 Å². The van der Waals surface area contributed by atoms with Crippen LogP contribution in [-0.2, 0) is 4.79 Å². The molecule has 148 valence electrons. The minimum absolute atomic E-state index is 0.0292. The summed E-state index contributed by atoms with van der Waals surface area (Å²) in [5.74, 6) is 0.365. The molecule has 0 radical (unpaired) electrons. The molecule has 4 N–H and O–H groups in total. The topological polar surface area (TPSA) is 82.3 Å². The molecule has 2 saturated carbocycles. The summed E-state index contributed by atoms with van der Waals surface area (Å²) in [6.07, 6.45) is 11.3. The lowest BCUT2D eigenvalue weighted by Crippen LogP contribution is -2.41. The van der Waals surface area contributed by atoms with Crippen molar-refractivity contribution in [3.63, 3.8) is 0 Å². The average Bonchev–Trinajstić information content (AvgIpc) is 3.21. The van der Waals surface area contributed by atoms with E-state index in [4.69, 9.17) is 0 Å². The van der Waals surface area contributed by atoms with Gasteiger partial charge in [0.25, 0.3) is 0 Å². The summed E-state index contributed by atoms with van der Waals surface area (Å²) in [5, 5.41) is 11.8. The van der Waals surface area contributed by atoms with E-state index in [-0.39, 0.29) is 18.5 Å². The third kappa shape index (κ3) is 6.77. The van der Waals surface area contributed by atoms with E-state index in [1.807, 2.05) is 24.3 Å². The van der Waals surface area contributed by atoms with Crippen molar-refractivity contribution >= 4 is 23.3 Å². The summed E-state index contributed by atoms with van der Waals surface area (Å²) < 4.78 is 0. The zero-order valence-electron chi connectivity index (χ0n) is 16.1. The van der Waals surface area contributed by atoms with E-state index in [1.54, 1.807) is 0 Å². The number of urea groups is 1. The predicted molar refractivity (Wildman–Crippen MR) is 109 cm³/mol. The van der Waals surface area contributed by atoms with Gasteiger partial charge in [-0.1, -0.05) is 32.1 Å². The number of hydrogen-bond acceptors (Lipinski definition) is 3. The second kappa shape index (κ2) is 10.2. The van der Waals surface area contributed by atoms with Gasteiger partial charge in [0.15, 0.2) is 0 Å². The predicted octanol–water partition coefficient (Wildman–Crippen LogP) is 3.86. The van der Waals surface area contributed by atoms with Crippen LogP contribution in [0.2, 0.25) is 0 Å². The average molecular weight is 373 g/mol. The highest BCUT2D eigenvalue weighted by Gasteiger charge is 2.16. The monoisotopic (exact) mass is 372 g/mol. The Balaban J connectivity index is 1.34. The van der Waals surface area contributed by atoms with Gasteiger partial charge in [0.2, 0.25) is 5.91 Å². The fraction of sp³-hybridized carbons (Fsp3) is 0.619. The second-order valence-corrected chi connectivity index (χ2v) is 7.82. The number of nitrogens with one attached hydrogen (secondary N) is 4. The third-order valence-corrected chi connectivity index (χ3v) is 5.58. The lowest BCUT2D eigenvalue weighted by Gasteiger charge is -2.23. The van der Waals surface area contributed by atoms with Crippen molar-refractivity contribution in [3.8, 4) is 0 Å². The van der Waals surface area contributed by atoms with Crippen molar-refractivity contribution < 1.29 is 9.59 Å². The summed E-state index contributed by atoms with van der Waals surface area (Å²) in [6, 6.07) is 8.06. The number of anilines is 2. The maximum absolute atomic E-state index is 12.0. The van der Waals surface area contributed by atoms with Crippen LogP contribution in [-0.4, -0.2) is 31.1 Å². The van der Waals surface area contributed by atoms with Crippen LogP contribution < -0.4 is 21.3 Å². The van der Waals surface area contributed by atoms with Gasteiger partial charge in [-0.2, -0.15) is 0 Å². The van der Waals surface area contributed by atoms with Gasteiger partial charge in [-0.15, -0.1) is 0 Å². The Kier molecular flexibility index (Phi) is 7.36. The number of amides is 3. The van der Waals surface area contributed by atoms with Crippen LogP contribution in [0.4, 0.5) is 16.2 Å². The Labute approximate surface area is 161 Å². The summed E-state index contributed by atoms with van der Waals surface area (Å²) in [7, 11) is 0. The molecular weight excluding hydrogens is 340 g/mol. The maximum Gasteiger partial charge on any atom is 0.315 e. The zero-order valence-corrected chi connectivity index (χ0v) is 16.1. The van der Waals surface area contributed by atoms with Gasteiger partial charge in [0, 0.05) is 24.0 Å². The molecule has 0 bridgehead atoms. The van der Waals surface area contributed by atoms with Crippen LogP contribution in [0.3, 0.4) is 0 Å². The smallest absolute Gasteiger partial charge is 0.315 e. The molecule has 0 aliphatic heterocycles. The minimum atomic E-state index is -0.274. The molecule has 1 aromatic rings. The van der Waals surface area contributed by atoms with Crippen molar-refractivity contribution in [3.05, 3.63) is 24.3 Å². The number of hydrogen-bond donors (Lipinski definition) is 4. The van der Waals surface area contributed by atoms with Crippen molar-refractivity contribution in [1.82, 2.24) is 10.6 Å². The van der Waals surface area contributed by atoms with Gasteiger partial charge >= 0.3 is 6.03 Å². The van der Waals surface area contributed by atoms with Gasteiger partial charge in [-0.25, -0.2) is 4.79 Å². The molecule has 6 nitrogen and oxygen atoms in total. The molecular formula is C21H32N4O2. The normalized spacial score (nSPS) is 18.1. The van der Waals surface area contributed by atoms with Crippen LogP contribution in [0.5, 0.6) is 0 Å². The zero-order chi connectivity index (χ0) is 18.9. The van der Waals surface area contributed by atoms with Crippen molar-refractivity contribution in [2.24, 2.45) is 5.92 Å². The van der Waals surface area contributed by atoms with E-state index >= 15 is 0 Å². The van der Waals surface area contributed by atoms with Crippen LogP contribution in [0.25, 0.3) is 0 Å². The summed E-state index contributed by atoms with van der Waals surface area (Å²) in [4.78, 5) is 23.8. The van der Waals surface area contributed by atoms with Crippen molar-refractivity contribution in [1.29, 1.82) is 0 Å². The molecule has 0 spiro atoms. The molecule has 27 heavy (non-hydrogen) atoms. The fourth-order valence-electron chi connectivity index (χ4n) is 4.01. The van der Waals surface area contributed by atoms with Gasteiger partial charge < -0.3 is 21.3 Å². The first-order valence-electron chi connectivity index (χ1n) is 10.4. The fourth-order valence-corrected chi connectivity index (χ4v) is 4.01. The number of benzene rings is 1. The molecule has 6 heteroatoms. The van der Waals surface area contributed by atoms with Gasteiger partial charge in [-0.3, -0.25) is 4.79 Å². The maximum atomic E-state index is 12.0. The Hall–Kier alpha value is -2.24. The van der Waals surface area contributed by atoms with E-state index < -0.39 is 0 Å². The van der Waals surface area contributed by atoms with E-state index in [9.17, 15) is 9.59 Å². The van der Waals surface area contributed by atoms with Crippen LogP contribution in [0.15, 0.2) is 24.3 Å². The minimum Gasteiger partial charge on any atom is -0.382 e. The molecule has 2 aliphatic rings. The standard InChI is InChI=1S/C21H32N4O2/c26-20(15-23-21(27)22-14-16-6-4-5-7-16)25-19-12-10-18(11-13-19)24-17-8-2-1-3-9-17/h10-13,16-17,24H,1-9,14-15H2,(H,25,26)(H2,22,23,27). The molecule has 3 amide bonds. The highest BCUT2D eigenvalue weighted by atomic mass is 16.2. The van der Waals surface area contributed by atoms with Gasteiger partial charge in [0.1, 0.15) is 0 Å². The second-order valence-electron chi connectivity index (χ2n) is 7.82. The molecule has 3 rings (SSSR count). The lowest BCUT2D eigenvalue weighted by molar-refractivity contribution is -0.115. The molecule has 1 aromatic carbocycles. The van der Waals surface area contributed by atoms with E-state index in [1.165, 1.54) is 57.8 Å². The van der Waals surface area contributed by atoms with Gasteiger partial charge in [-0.05, 0) is 55.9 Å². The Morgan fingerprint density at radius 1 is 0.815 bits per heavy atom. The Morgan fingerprint density at radius 2 is 1.44 bits per heavy atom. The highest BCUT2D eigenvalue weighted by molar-refractivity contribution is 5.94. The van der Waals surface area contributed by atoms with Gasteiger partial charge in [0.05, 0.1) is 6.54 Å². The number of carbonyl (C=O) groups is 2. The first-order chi connectivity index (χ1) is 13.2. The summed E-state index contributed by atoms with van der Waals surface area (Å²) in [5.41, 5.74) is 1.83. The van der Waals surface area contributed by atoms with Crippen molar-refractivity contribution in [2.45, 2.75) is 63.8 Å². The summed E-state index contributed by atoms with van der Waals surface area (Å²) in [6.45, 7) is 0.668. The van der Waals surface area contributed by atoms with E-state index in [0.717, 1.165) is 11.4 Å². The SMILES string of the molecule is O=C(CNC(=O)NCC1CCCC1)Nc1ccc(NC2CCCCC2)cc1. The molecule has 2 aliphatic carbocycles. The highest BCUT2D eigenvalue weighted by Crippen LogP contribution is 2.24. The van der Waals surface area contributed by atoms with Crippen LogP contribution >= 0.6 is 0 Å². The lowest BCUT2D eigenvalue weighted by atomic mass is 9.95. The first-order valence-corrected chi connectivity index (χ1v) is 10.4. The molecule has 0 saturated heterocycles. The van der Waals surface area contributed by atoms with E-state index in [0.29, 0.717) is 18.5 Å². The molecule has 0 aromatic heterocycles.